The Bertz CT molecular complexity index is 385. The Morgan fingerprint density at radius 3 is 2.83 bits per heavy atom. The Hall–Kier alpha value is -1.02. The zero-order valence-electron chi connectivity index (χ0n) is 11.8. The van der Waals surface area contributed by atoms with E-state index >= 15 is 0 Å². The Morgan fingerprint density at radius 2 is 2.17 bits per heavy atom. The third kappa shape index (κ3) is 3.74. The van der Waals surface area contributed by atoms with Crippen LogP contribution in [0, 0.1) is 12.8 Å². The van der Waals surface area contributed by atoms with Crippen molar-refractivity contribution in [3.05, 3.63) is 29.3 Å². The molecule has 1 unspecified atom stereocenters. The molecule has 1 aromatic rings. The highest BCUT2D eigenvalue weighted by Crippen LogP contribution is 2.33. The van der Waals surface area contributed by atoms with E-state index in [4.69, 9.17) is 4.74 Å². The lowest BCUT2D eigenvalue weighted by Crippen LogP contribution is -2.18. The molecule has 2 rings (SSSR count). The van der Waals surface area contributed by atoms with Crippen LogP contribution in [-0.4, -0.2) is 13.2 Å². The van der Waals surface area contributed by atoms with E-state index in [9.17, 15) is 0 Å². The summed E-state index contributed by atoms with van der Waals surface area (Å²) in [5.41, 5.74) is 2.54. The number of nitrogens with one attached hydrogen (secondary N) is 1. The lowest BCUT2D eigenvalue weighted by Gasteiger charge is -2.18. The first-order chi connectivity index (χ1) is 8.70. The molecule has 18 heavy (non-hydrogen) atoms. The lowest BCUT2D eigenvalue weighted by molar-refractivity contribution is 0.296. The van der Waals surface area contributed by atoms with Crippen molar-refractivity contribution < 1.29 is 4.74 Å². The maximum atomic E-state index is 6.00. The van der Waals surface area contributed by atoms with E-state index in [0.717, 1.165) is 24.8 Å². The van der Waals surface area contributed by atoms with E-state index in [0.29, 0.717) is 6.04 Å². The van der Waals surface area contributed by atoms with E-state index in [2.05, 4.69) is 44.3 Å². The minimum Gasteiger partial charge on any atom is -0.493 e. The van der Waals surface area contributed by atoms with E-state index in [1.54, 1.807) is 0 Å². The number of hydrogen-bond acceptors (Lipinski definition) is 2. The average Bonchev–Trinajstić information content (AvgIpc) is 3.13. The van der Waals surface area contributed by atoms with Gasteiger partial charge in [0, 0.05) is 11.6 Å². The van der Waals surface area contributed by atoms with Crippen molar-refractivity contribution in [2.75, 3.05) is 13.2 Å². The van der Waals surface area contributed by atoms with Crippen molar-refractivity contribution in [1.29, 1.82) is 0 Å². The fourth-order valence-corrected chi connectivity index (χ4v) is 2.28. The molecule has 0 amide bonds. The van der Waals surface area contributed by atoms with Gasteiger partial charge in [0.25, 0.3) is 0 Å². The van der Waals surface area contributed by atoms with Gasteiger partial charge < -0.3 is 10.1 Å². The highest BCUT2D eigenvalue weighted by atomic mass is 16.5. The van der Waals surface area contributed by atoms with Crippen molar-refractivity contribution >= 4 is 0 Å². The van der Waals surface area contributed by atoms with Gasteiger partial charge in [0.05, 0.1) is 6.61 Å². The molecule has 0 radical (unpaired) electrons. The summed E-state index contributed by atoms with van der Waals surface area (Å²) in [6, 6.07) is 6.87. The molecule has 2 nitrogen and oxygen atoms in total. The minimum absolute atomic E-state index is 0.353. The predicted molar refractivity (Wildman–Crippen MR) is 76.1 cm³/mol. The summed E-state index contributed by atoms with van der Waals surface area (Å²) in [6.45, 7) is 8.30. The molecule has 0 heterocycles. The van der Waals surface area contributed by atoms with Crippen LogP contribution >= 0.6 is 0 Å². The summed E-state index contributed by atoms with van der Waals surface area (Å²) >= 11 is 0. The first-order valence-electron chi connectivity index (χ1n) is 7.17. The predicted octanol–water partition coefficient (Wildman–Crippen LogP) is 3.84. The monoisotopic (exact) mass is 247 g/mol. The van der Waals surface area contributed by atoms with Gasteiger partial charge in [-0.05, 0) is 44.4 Å². The van der Waals surface area contributed by atoms with Crippen LogP contribution in [0.2, 0.25) is 0 Å². The van der Waals surface area contributed by atoms with Gasteiger partial charge in [0.15, 0.2) is 0 Å². The van der Waals surface area contributed by atoms with Crippen LogP contribution in [-0.2, 0) is 0 Å². The number of ether oxygens (including phenoxy) is 1. The van der Waals surface area contributed by atoms with Crippen LogP contribution in [0.15, 0.2) is 18.2 Å². The van der Waals surface area contributed by atoms with Gasteiger partial charge >= 0.3 is 0 Å². The Morgan fingerprint density at radius 1 is 1.39 bits per heavy atom. The van der Waals surface area contributed by atoms with Crippen molar-refractivity contribution in [3.8, 4) is 5.75 Å². The number of aryl methyl sites for hydroxylation is 1. The molecule has 0 spiro atoms. The zero-order chi connectivity index (χ0) is 13.0. The van der Waals surface area contributed by atoms with E-state index in [1.807, 2.05) is 0 Å². The van der Waals surface area contributed by atoms with Gasteiger partial charge in [-0.1, -0.05) is 31.9 Å². The number of rotatable bonds is 7. The number of hydrogen-bond donors (Lipinski definition) is 1. The Kier molecular flexibility index (Phi) is 4.65. The summed E-state index contributed by atoms with van der Waals surface area (Å²) in [6.07, 6.45) is 4.01. The molecule has 0 aliphatic heterocycles. The smallest absolute Gasteiger partial charge is 0.124 e. The molecule has 1 aromatic carbocycles. The van der Waals surface area contributed by atoms with Crippen molar-refractivity contribution in [2.24, 2.45) is 5.92 Å². The molecule has 1 N–H and O–H groups in total. The summed E-state index contributed by atoms with van der Waals surface area (Å²) < 4.78 is 6.00. The van der Waals surface area contributed by atoms with Crippen LogP contribution in [0.1, 0.15) is 50.3 Å². The highest BCUT2D eigenvalue weighted by molar-refractivity contribution is 5.39. The summed E-state index contributed by atoms with van der Waals surface area (Å²) in [5.74, 6) is 1.99. The molecule has 0 bridgehead atoms. The van der Waals surface area contributed by atoms with Gasteiger partial charge in [-0.15, -0.1) is 0 Å². The van der Waals surface area contributed by atoms with Crippen LogP contribution < -0.4 is 10.1 Å². The molecule has 1 saturated carbocycles. The molecule has 0 saturated heterocycles. The van der Waals surface area contributed by atoms with Gasteiger partial charge in [-0.25, -0.2) is 0 Å². The maximum Gasteiger partial charge on any atom is 0.124 e. The first kappa shape index (κ1) is 13.4. The van der Waals surface area contributed by atoms with Crippen LogP contribution in [0.5, 0.6) is 5.75 Å². The summed E-state index contributed by atoms with van der Waals surface area (Å²) in [4.78, 5) is 0. The van der Waals surface area contributed by atoms with Crippen molar-refractivity contribution in [1.82, 2.24) is 5.32 Å². The minimum atomic E-state index is 0.353. The van der Waals surface area contributed by atoms with Crippen LogP contribution in [0.4, 0.5) is 0 Å². The standard InChI is InChI=1S/C16H25NO/c1-4-17-13(3)15-8-5-12(2)11-16(15)18-10-9-14-6-7-14/h5,8,11,13-14,17H,4,6-7,9-10H2,1-3H3. The fourth-order valence-electron chi connectivity index (χ4n) is 2.28. The normalized spacial score (nSPS) is 16.6. The molecule has 0 aromatic heterocycles. The lowest BCUT2D eigenvalue weighted by atomic mass is 10.0. The molecule has 1 fully saturated rings. The molecular weight excluding hydrogens is 222 g/mol. The van der Waals surface area contributed by atoms with E-state index in [1.165, 1.54) is 30.4 Å². The molecule has 1 atom stereocenters. The SMILES string of the molecule is CCNC(C)c1ccc(C)cc1OCCC1CC1. The molecule has 2 heteroatoms. The summed E-state index contributed by atoms with van der Waals surface area (Å²) in [7, 11) is 0. The summed E-state index contributed by atoms with van der Waals surface area (Å²) in [5, 5.41) is 3.45. The highest BCUT2D eigenvalue weighted by Gasteiger charge is 2.21. The van der Waals surface area contributed by atoms with Gasteiger partial charge in [-0.3, -0.25) is 0 Å². The number of benzene rings is 1. The quantitative estimate of drug-likeness (QED) is 0.790. The van der Waals surface area contributed by atoms with Crippen molar-refractivity contribution in [2.45, 2.75) is 46.1 Å². The van der Waals surface area contributed by atoms with Gasteiger partial charge in [0.2, 0.25) is 0 Å². The Balaban J connectivity index is 2.01. The van der Waals surface area contributed by atoms with Crippen molar-refractivity contribution in [3.63, 3.8) is 0 Å². The molecule has 100 valence electrons. The van der Waals surface area contributed by atoms with Crippen LogP contribution in [0.25, 0.3) is 0 Å². The second-order valence-electron chi connectivity index (χ2n) is 5.40. The zero-order valence-corrected chi connectivity index (χ0v) is 11.8. The van der Waals surface area contributed by atoms with Gasteiger partial charge in [0.1, 0.15) is 5.75 Å². The second-order valence-corrected chi connectivity index (χ2v) is 5.40. The van der Waals surface area contributed by atoms with Crippen LogP contribution in [0.3, 0.4) is 0 Å². The third-order valence-electron chi connectivity index (χ3n) is 3.63. The maximum absolute atomic E-state index is 6.00. The third-order valence-corrected chi connectivity index (χ3v) is 3.63. The largest absolute Gasteiger partial charge is 0.493 e. The molecule has 1 aliphatic rings. The van der Waals surface area contributed by atoms with Gasteiger partial charge in [-0.2, -0.15) is 0 Å². The van der Waals surface area contributed by atoms with E-state index < -0.39 is 0 Å². The molecule has 1 aliphatic carbocycles. The van der Waals surface area contributed by atoms with E-state index in [-0.39, 0.29) is 0 Å². The first-order valence-corrected chi connectivity index (χ1v) is 7.17. The fraction of sp³-hybridized carbons (Fsp3) is 0.625. The molecular formula is C16H25NO. The Labute approximate surface area is 111 Å². The average molecular weight is 247 g/mol. The topological polar surface area (TPSA) is 21.3 Å². The second kappa shape index (κ2) is 6.24.